The molecule has 0 fully saturated rings. The van der Waals surface area contributed by atoms with Gasteiger partial charge >= 0.3 is 0 Å². The summed E-state index contributed by atoms with van der Waals surface area (Å²) in [6, 6.07) is 8.59. The molecule has 0 bridgehead atoms. The molecule has 3 aromatic rings. The number of thiophene rings is 1. The molecule has 120 valence electrons. The van der Waals surface area contributed by atoms with E-state index >= 15 is 0 Å². The number of benzene rings is 1. The average Bonchev–Trinajstić information content (AvgIpc) is 2.96. The summed E-state index contributed by atoms with van der Waals surface area (Å²) in [5.41, 5.74) is 1.04. The third-order valence-corrected chi connectivity index (χ3v) is 6.24. The van der Waals surface area contributed by atoms with E-state index in [4.69, 9.17) is 0 Å². The Morgan fingerprint density at radius 2 is 1.91 bits per heavy atom. The highest BCUT2D eigenvalue weighted by atomic mass is 32.2. The van der Waals surface area contributed by atoms with Gasteiger partial charge in [0.15, 0.2) is 9.84 Å². The Balaban J connectivity index is 1.77. The van der Waals surface area contributed by atoms with Crippen LogP contribution < -0.4 is 5.32 Å². The fraction of sp³-hybridized carbons (Fsp3) is 0.250. The topological polar surface area (TPSA) is 72.0 Å². The van der Waals surface area contributed by atoms with E-state index < -0.39 is 9.84 Å². The van der Waals surface area contributed by atoms with Crippen molar-refractivity contribution < 1.29 is 8.42 Å². The van der Waals surface area contributed by atoms with Gasteiger partial charge in [0, 0.05) is 6.04 Å². The highest BCUT2D eigenvalue weighted by molar-refractivity contribution is 7.91. The number of nitrogens with one attached hydrogen (secondary N) is 1. The van der Waals surface area contributed by atoms with Gasteiger partial charge in [0.2, 0.25) is 0 Å². The van der Waals surface area contributed by atoms with E-state index in [1.54, 1.807) is 12.1 Å². The van der Waals surface area contributed by atoms with Crippen molar-refractivity contribution in [2.75, 3.05) is 11.1 Å². The Kier molecular flexibility index (Phi) is 4.32. The standard InChI is InChI=1S/C16H17N3O2S2/c1-11-3-5-13(6-4-11)23(20,21)9-12(2)19-15-14-7-8-22-16(14)18-10-17-15/h3-8,10,12H,9H2,1-2H3,(H,17,18,19). The molecule has 23 heavy (non-hydrogen) atoms. The second-order valence-electron chi connectivity index (χ2n) is 5.50. The van der Waals surface area contributed by atoms with Crippen LogP contribution in [0.3, 0.4) is 0 Å². The van der Waals surface area contributed by atoms with Crippen LogP contribution in [0.1, 0.15) is 12.5 Å². The molecule has 1 aromatic carbocycles. The predicted octanol–water partition coefficient (Wildman–Crippen LogP) is 3.27. The SMILES string of the molecule is Cc1ccc(S(=O)(=O)CC(C)Nc2ncnc3sccc23)cc1. The van der Waals surface area contributed by atoms with Gasteiger partial charge in [-0.15, -0.1) is 11.3 Å². The van der Waals surface area contributed by atoms with Gasteiger partial charge in [-0.25, -0.2) is 18.4 Å². The van der Waals surface area contributed by atoms with Gasteiger partial charge in [0.25, 0.3) is 0 Å². The monoisotopic (exact) mass is 347 g/mol. The van der Waals surface area contributed by atoms with Crippen LogP contribution >= 0.6 is 11.3 Å². The molecule has 5 nitrogen and oxygen atoms in total. The number of aromatic nitrogens is 2. The molecular formula is C16H17N3O2S2. The summed E-state index contributed by atoms with van der Waals surface area (Å²) < 4.78 is 25.0. The lowest BCUT2D eigenvalue weighted by molar-refractivity contribution is 0.592. The van der Waals surface area contributed by atoms with Crippen molar-refractivity contribution in [3.05, 3.63) is 47.6 Å². The summed E-state index contributed by atoms with van der Waals surface area (Å²) >= 11 is 1.53. The van der Waals surface area contributed by atoms with Crippen LogP contribution in [-0.4, -0.2) is 30.2 Å². The first-order valence-electron chi connectivity index (χ1n) is 7.20. The van der Waals surface area contributed by atoms with Gasteiger partial charge in [-0.05, 0) is 37.4 Å². The second kappa shape index (κ2) is 6.25. The molecule has 3 rings (SSSR count). The minimum atomic E-state index is -3.34. The van der Waals surface area contributed by atoms with E-state index in [0.29, 0.717) is 10.7 Å². The first kappa shape index (κ1) is 15.9. The highest BCUT2D eigenvalue weighted by Crippen LogP contribution is 2.24. The van der Waals surface area contributed by atoms with E-state index in [0.717, 1.165) is 15.8 Å². The fourth-order valence-corrected chi connectivity index (χ4v) is 4.57. The van der Waals surface area contributed by atoms with Crippen molar-refractivity contribution in [3.63, 3.8) is 0 Å². The molecule has 2 heterocycles. The molecule has 7 heteroatoms. The van der Waals surface area contributed by atoms with E-state index in [2.05, 4.69) is 15.3 Å². The maximum absolute atomic E-state index is 12.5. The number of nitrogens with zero attached hydrogens (tertiary/aromatic N) is 2. The van der Waals surface area contributed by atoms with Crippen molar-refractivity contribution in [3.8, 4) is 0 Å². The highest BCUT2D eigenvalue weighted by Gasteiger charge is 2.19. The first-order valence-corrected chi connectivity index (χ1v) is 9.73. The summed E-state index contributed by atoms with van der Waals surface area (Å²) in [6.45, 7) is 3.77. The summed E-state index contributed by atoms with van der Waals surface area (Å²) in [6.07, 6.45) is 1.49. The molecule has 1 N–H and O–H groups in total. The van der Waals surface area contributed by atoms with Gasteiger partial charge < -0.3 is 5.32 Å². The maximum atomic E-state index is 12.5. The van der Waals surface area contributed by atoms with Gasteiger partial charge in [-0.1, -0.05) is 17.7 Å². The lowest BCUT2D eigenvalue weighted by Gasteiger charge is -2.15. The van der Waals surface area contributed by atoms with E-state index in [1.807, 2.05) is 37.4 Å². The van der Waals surface area contributed by atoms with Crippen LogP contribution in [0.5, 0.6) is 0 Å². The Hall–Kier alpha value is -1.99. The molecule has 0 aliphatic rings. The molecule has 0 amide bonds. The Bertz CT molecular complexity index is 918. The number of aryl methyl sites for hydroxylation is 1. The van der Waals surface area contributed by atoms with Crippen molar-refractivity contribution in [2.45, 2.75) is 24.8 Å². The van der Waals surface area contributed by atoms with E-state index in [1.165, 1.54) is 17.7 Å². The molecular weight excluding hydrogens is 330 g/mol. The number of fused-ring (bicyclic) bond motifs is 1. The zero-order valence-corrected chi connectivity index (χ0v) is 14.5. The molecule has 0 saturated carbocycles. The van der Waals surface area contributed by atoms with Crippen molar-refractivity contribution in [1.82, 2.24) is 9.97 Å². The molecule has 1 unspecified atom stereocenters. The molecule has 0 aliphatic carbocycles. The minimum Gasteiger partial charge on any atom is -0.366 e. The molecule has 1 atom stereocenters. The van der Waals surface area contributed by atoms with Crippen LogP contribution in [-0.2, 0) is 9.84 Å². The Labute approximate surface area is 139 Å². The number of hydrogen-bond acceptors (Lipinski definition) is 6. The van der Waals surface area contributed by atoms with Crippen LogP contribution in [0.2, 0.25) is 0 Å². The summed E-state index contributed by atoms with van der Waals surface area (Å²) in [5.74, 6) is 0.675. The van der Waals surface area contributed by atoms with Crippen molar-refractivity contribution in [1.29, 1.82) is 0 Å². The maximum Gasteiger partial charge on any atom is 0.180 e. The molecule has 0 aliphatic heterocycles. The zero-order chi connectivity index (χ0) is 16.4. The van der Waals surface area contributed by atoms with Gasteiger partial charge in [0.1, 0.15) is 17.0 Å². The number of rotatable bonds is 5. The van der Waals surface area contributed by atoms with Gasteiger partial charge in [-0.2, -0.15) is 0 Å². The van der Waals surface area contributed by atoms with Crippen LogP contribution in [0, 0.1) is 6.92 Å². The first-order chi connectivity index (χ1) is 11.0. The van der Waals surface area contributed by atoms with Crippen molar-refractivity contribution in [2.24, 2.45) is 0 Å². The lowest BCUT2D eigenvalue weighted by atomic mass is 10.2. The fourth-order valence-electron chi connectivity index (χ4n) is 2.35. The summed E-state index contributed by atoms with van der Waals surface area (Å²) in [5, 5.41) is 6.04. The summed E-state index contributed by atoms with van der Waals surface area (Å²) in [4.78, 5) is 9.64. The Morgan fingerprint density at radius 3 is 2.65 bits per heavy atom. The minimum absolute atomic E-state index is 0.00565. The van der Waals surface area contributed by atoms with E-state index in [9.17, 15) is 8.42 Å². The molecule has 0 saturated heterocycles. The Morgan fingerprint density at radius 1 is 1.17 bits per heavy atom. The summed E-state index contributed by atoms with van der Waals surface area (Å²) in [7, 11) is -3.34. The molecule has 0 radical (unpaired) electrons. The predicted molar refractivity (Wildman–Crippen MR) is 93.7 cm³/mol. The van der Waals surface area contributed by atoms with Crippen LogP contribution in [0.25, 0.3) is 10.2 Å². The van der Waals surface area contributed by atoms with Gasteiger partial charge in [0.05, 0.1) is 16.0 Å². The smallest absolute Gasteiger partial charge is 0.180 e. The number of hydrogen-bond donors (Lipinski definition) is 1. The molecule has 2 aromatic heterocycles. The quantitative estimate of drug-likeness (QED) is 0.767. The largest absolute Gasteiger partial charge is 0.366 e. The van der Waals surface area contributed by atoms with E-state index in [-0.39, 0.29) is 11.8 Å². The third-order valence-electron chi connectivity index (χ3n) is 3.49. The number of sulfone groups is 1. The number of anilines is 1. The van der Waals surface area contributed by atoms with Gasteiger partial charge in [-0.3, -0.25) is 0 Å². The van der Waals surface area contributed by atoms with Crippen LogP contribution in [0.4, 0.5) is 5.82 Å². The lowest BCUT2D eigenvalue weighted by Crippen LogP contribution is -2.26. The second-order valence-corrected chi connectivity index (χ2v) is 8.43. The van der Waals surface area contributed by atoms with Crippen LogP contribution in [0.15, 0.2) is 46.9 Å². The normalized spacial score (nSPS) is 13.1. The molecule has 0 spiro atoms. The zero-order valence-electron chi connectivity index (χ0n) is 12.9. The average molecular weight is 347 g/mol. The van der Waals surface area contributed by atoms with Crippen molar-refractivity contribution >= 4 is 37.2 Å². The third kappa shape index (κ3) is 3.51.